The molecule has 21 heavy (non-hydrogen) atoms. The maximum atomic E-state index is 12.5. The zero-order chi connectivity index (χ0) is 14.8. The summed E-state index contributed by atoms with van der Waals surface area (Å²) in [6.45, 7) is 3.25. The first-order valence-electron chi connectivity index (χ1n) is 7.09. The monoisotopic (exact) mass is 310 g/mol. The highest BCUT2D eigenvalue weighted by Crippen LogP contribution is 2.22. The van der Waals surface area contributed by atoms with Crippen molar-refractivity contribution in [3.63, 3.8) is 0 Å². The van der Waals surface area contributed by atoms with Gasteiger partial charge in [0.15, 0.2) is 5.13 Å². The fourth-order valence-electron chi connectivity index (χ4n) is 2.90. The lowest BCUT2D eigenvalue weighted by Gasteiger charge is -2.37. The third-order valence-electron chi connectivity index (χ3n) is 4.02. The van der Waals surface area contributed by atoms with E-state index in [0.717, 1.165) is 24.6 Å². The van der Waals surface area contributed by atoms with E-state index >= 15 is 0 Å². The second-order valence-electron chi connectivity index (χ2n) is 5.26. The number of piperazine rings is 1. The largest absolute Gasteiger partial charge is 0.480 e. The van der Waals surface area contributed by atoms with Crippen LogP contribution in [-0.4, -0.2) is 70.7 Å². The van der Waals surface area contributed by atoms with Crippen molar-refractivity contribution in [3.05, 3.63) is 11.6 Å². The first-order chi connectivity index (χ1) is 10.2. The zero-order valence-electron chi connectivity index (χ0n) is 11.6. The number of rotatable bonds is 2. The Labute approximate surface area is 126 Å². The zero-order valence-corrected chi connectivity index (χ0v) is 12.5. The number of likely N-dealkylation sites (tertiary alicyclic amines) is 1. The summed E-state index contributed by atoms with van der Waals surface area (Å²) in [7, 11) is 0. The van der Waals surface area contributed by atoms with Gasteiger partial charge in [0.05, 0.1) is 0 Å². The molecule has 1 N–H and O–H groups in total. The van der Waals surface area contributed by atoms with Gasteiger partial charge in [0.25, 0.3) is 0 Å². The van der Waals surface area contributed by atoms with E-state index in [9.17, 15) is 14.7 Å². The number of aromatic nitrogens is 1. The number of thiazole rings is 1. The van der Waals surface area contributed by atoms with Gasteiger partial charge in [-0.1, -0.05) is 0 Å². The molecule has 1 unspecified atom stereocenters. The average Bonchev–Trinajstić information content (AvgIpc) is 3.18. The molecule has 0 aliphatic carbocycles. The molecule has 0 radical (unpaired) electrons. The Morgan fingerprint density at radius 3 is 2.62 bits per heavy atom. The molecule has 7 nitrogen and oxygen atoms in total. The van der Waals surface area contributed by atoms with Crippen LogP contribution >= 0.6 is 11.3 Å². The lowest BCUT2D eigenvalue weighted by Crippen LogP contribution is -2.54. The summed E-state index contributed by atoms with van der Waals surface area (Å²) in [6.07, 6.45) is 3.10. The van der Waals surface area contributed by atoms with Crippen molar-refractivity contribution in [3.8, 4) is 0 Å². The van der Waals surface area contributed by atoms with Crippen molar-refractivity contribution in [1.29, 1.82) is 0 Å². The van der Waals surface area contributed by atoms with Crippen molar-refractivity contribution in [2.24, 2.45) is 0 Å². The summed E-state index contributed by atoms with van der Waals surface area (Å²) in [5, 5.41) is 12.1. The van der Waals surface area contributed by atoms with E-state index in [1.165, 1.54) is 4.90 Å². The molecule has 2 aliphatic rings. The van der Waals surface area contributed by atoms with E-state index in [2.05, 4.69) is 9.88 Å². The third-order valence-corrected chi connectivity index (χ3v) is 4.86. The minimum atomic E-state index is -0.901. The molecule has 0 spiro atoms. The number of aliphatic carboxylic acids is 1. The quantitative estimate of drug-likeness (QED) is 0.879. The summed E-state index contributed by atoms with van der Waals surface area (Å²) in [5.41, 5.74) is 0. The fourth-order valence-corrected chi connectivity index (χ4v) is 3.59. The Kier molecular flexibility index (Phi) is 3.96. The van der Waals surface area contributed by atoms with Crippen LogP contribution in [0.5, 0.6) is 0 Å². The molecule has 1 atom stereocenters. The second-order valence-corrected chi connectivity index (χ2v) is 6.13. The summed E-state index contributed by atoms with van der Waals surface area (Å²) in [6, 6.07) is -0.798. The second kappa shape index (κ2) is 5.88. The molecule has 2 amide bonds. The van der Waals surface area contributed by atoms with Crippen LogP contribution in [0.1, 0.15) is 12.8 Å². The van der Waals surface area contributed by atoms with Gasteiger partial charge in [-0.25, -0.2) is 14.6 Å². The van der Waals surface area contributed by atoms with Crippen molar-refractivity contribution in [2.45, 2.75) is 18.9 Å². The molecule has 114 valence electrons. The maximum absolute atomic E-state index is 12.5. The van der Waals surface area contributed by atoms with Crippen LogP contribution in [0.15, 0.2) is 11.6 Å². The predicted molar refractivity (Wildman–Crippen MR) is 78.7 cm³/mol. The third kappa shape index (κ3) is 2.80. The topological polar surface area (TPSA) is 77.0 Å². The lowest BCUT2D eigenvalue weighted by molar-refractivity contribution is -0.141. The van der Waals surface area contributed by atoms with E-state index in [-0.39, 0.29) is 6.03 Å². The van der Waals surface area contributed by atoms with Crippen LogP contribution in [-0.2, 0) is 4.79 Å². The summed E-state index contributed by atoms with van der Waals surface area (Å²) in [5.74, 6) is -0.901. The molecular weight excluding hydrogens is 292 g/mol. The van der Waals surface area contributed by atoms with E-state index < -0.39 is 12.0 Å². The molecule has 8 heteroatoms. The van der Waals surface area contributed by atoms with Crippen molar-refractivity contribution in [2.75, 3.05) is 37.6 Å². The maximum Gasteiger partial charge on any atom is 0.326 e. The Balaban J connectivity index is 1.59. The van der Waals surface area contributed by atoms with E-state index in [1.54, 1.807) is 22.4 Å². The van der Waals surface area contributed by atoms with Crippen molar-refractivity contribution >= 4 is 28.5 Å². The highest BCUT2D eigenvalue weighted by atomic mass is 32.1. The Morgan fingerprint density at radius 1 is 1.24 bits per heavy atom. The van der Waals surface area contributed by atoms with Crippen molar-refractivity contribution in [1.82, 2.24) is 14.8 Å². The predicted octanol–water partition coefficient (Wildman–Crippen LogP) is 0.934. The standard InChI is InChI=1S/C13H18N4O3S/c18-11(19)10-2-1-4-17(10)13(20)16-7-5-15(6-8-16)12-14-3-9-21-12/h3,9-10H,1-2,4-8H2,(H,18,19). The van der Waals surface area contributed by atoms with Gasteiger partial charge in [-0.05, 0) is 12.8 Å². The average molecular weight is 310 g/mol. The molecule has 1 aromatic heterocycles. The molecule has 0 bridgehead atoms. The number of carbonyl (C=O) groups is 2. The normalized spacial score (nSPS) is 22.7. The van der Waals surface area contributed by atoms with Crippen LogP contribution in [0, 0.1) is 0 Å². The molecule has 1 aromatic rings. The van der Waals surface area contributed by atoms with Crippen LogP contribution in [0.2, 0.25) is 0 Å². The van der Waals surface area contributed by atoms with E-state index in [4.69, 9.17) is 0 Å². The van der Waals surface area contributed by atoms with Gasteiger partial charge in [-0.3, -0.25) is 0 Å². The molecule has 0 saturated carbocycles. The Hall–Kier alpha value is -1.83. The molecule has 0 aromatic carbocycles. The van der Waals surface area contributed by atoms with Crippen LogP contribution in [0.3, 0.4) is 0 Å². The smallest absolute Gasteiger partial charge is 0.326 e. The first-order valence-corrected chi connectivity index (χ1v) is 7.97. The van der Waals surface area contributed by atoms with Gasteiger partial charge in [0.1, 0.15) is 6.04 Å². The molecule has 2 aliphatic heterocycles. The van der Waals surface area contributed by atoms with E-state index in [0.29, 0.717) is 26.1 Å². The number of hydrogen-bond donors (Lipinski definition) is 1. The molecular formula is C13H18N4O3S. The Morgan fingerprint density at radius 2 is 2.00 bits per heavy atom. The molecule has 3 rings (SSSR count). The summed E-state index contributed by atoms with van der Waals surface area (Å²) >= 11 is 1.59. The number of hydrogen-bond acceptors (Lipinski definition) is 5. The van der Waals surface area contributed by atoms with Gasteiger partial charge in [0, 0.05) is 44.3 Å². The van der Waals surface area contributed by atoms with E-state index in [1.807, 2.05) is 5.38 Å². The van der Waals surface area contributed by atoms with Gasteiger partial charge in [-0.2, -0.15) is 0 Å². The number of carboxylic acids is 1. The minimum Gasteiger partial charge on any atom is -0.480 e. The molecule has 2 fully saturated rings. The van der Waals surface area contributed by atoms with Gasteiger partial charge in [-0.15, -0.1) is 11.3 Å². The van der Waals surface area contributed by atoms with Crippen LogP contribution < -0.4 is 4.90 Å². The number of anilines is 1. The van der Waals surface area contributed by atoms with Crippen LogP contribution in [0.4, 0.5) is 9.93 Å². The fraction of sp³-hybridized carbons (Fsp3) is 0.615. The number of amides is 2. The van der Waals surface area contributed by atoms with Gasteiger partial charge in [0.2, 0.25) is 0 Å². The van der Waals surface area contributed by atoms with Crippen LogP contribution in [0.25, 0.3) is 0 Å². The summed E-state index contributed by atoms with van der Waals surface area (Å²) in [4.78, 5) is 33.3. The summed E-state index contributed by atoms with van der Waals surface area (Å²) < 4.78 is 0. The number of urea groups is 1. The van der Waals surface area contributed by atoms with Gasteiger partial charge < -0.3 is 19.8 Å². The SMILES string of the molecule is O=C(O)C1CCCN1C(=O)N1CCN(c2nccs2)CC1. The highest BCUT2D eigenvalue weighted by molar-refractivity contribution is 7.13. The molecule has 2 saturated heterocycles. The lowest BCUT2D eigenvalue weighted by atomic mass is 10.2. The highest BCUT2D eigenvalue weighted by Gasteiger charge is 2.37. The number of carbonyl (C=O) groups excluding carboxylic acids is 1. The Bertz CT molecular complexity index is 513. The first kappa shape index (κ1) is 14.1. The van der Waals surface area contributed by atoms with Crippen molar-refractivity contribution < 1.29 is 14.7 Å². The van der Waals surface area contributed by atoms with Gasteiger partial charge >= 0.3 is 12.0 Å². The minimum absolute atomic E-state index is 0.140. The number of carboxylic acid groups (broad SMARTS) is 1. The molecule has 3 heterocycles. The number of nitrogens with zero attached hydrogens (tertiary/aromatic N) is 4.